The van der Waals surface area contributed by atoms with Gasteiger partial charge in [0, 0.05) is 15.6 Å². The van der Waals surface area contributed by atoms with Crippen LogP contribution in [0.5, 0.6) is 11.5 Å². The van der Waals surface area contributed by atoms with Gasteiger partial charge in [-0.3, -0.25) is 4.79 Å². The zero-order valence-electron chi connectivity index (χ0n) is 23.9. The van der Waals surface area contributed by atoms with Crippen LogP contribution < -0.4 is 15.0 Å². The van der Waals surface area contributed by atoms with Crippen molar-refractivity contribution in [2.75, 3.05) is 6.61 Å². The van der Waals surface area contributed by atoms with Crippen LogP contribution in [-0.4, -0.2) is 22.5 Å². The molecular formula is C35H25BrF3N3O3. The first kappa shape index (κ1) is 30.1. The van der Waals surface area contributed by atoms with E-state index in [-0.39, 0.29) is 16.8 Å². The van der Waals surface area contributed by atoms with Gasteiger partial charge in [-0.2, -0.15) is 22.9 Å². The second-order valence-electron chi connectivity index (χ2n) is 10.1. The lowest BCUT2D eigenvalue weighted by Gasteiger charge is -2.15. The second kappa shape index (κ2) is 12.6. The fourth-order valence-electron chi connectivity index (χ4n) is 4.98. The predicted octanol–water partition coefficient (Wildman–Crippen LogP) is 8.86. The van der Waals surface area contributed by atoms with Crippen LogP contribution in [0.2, 0.25) is 0 Å². The van der Waals surface area contributed by atoms with Crippen molar-refractivity contribution in [2.24, 2.45) is 5.10 Å². The summed E-state index contributed by atoms with van der Waals surface area (Å²) in [5.74, 6) is 0.935. The third-order valence-corrected chi connectivity index (χ3v) is 7.83. The SMILES string of the molecule is CCOc1cc(C=Nn2c(-c3cccc(C(F)(F)F)c3)nc3ccccc3c2=O)c(Br)cc1OCc1cccc2ccccc12. The van der Waals surface area contributed by atoms with Crippen molar-refractivity contribution in [2.45, 2.75) is 19.7 Å². The van der Waals surface area contributed by atoms with E-state index in [1.807, 2.05) is 49.4 Å². The lowest BCUT2D eigenvalue weighted by Crippen LogP contribution is -2.20. The van der Waals surface area contributed by atoms with E-state index in [0.717, 1.165) is 33.1 Å². The molecule has 226 valence electrons. The highest BCUT2D eigenvalue weighted by atomic mass is 79.9. The summed E-state index contributed by atoms with van der Waals surface area (Å²) < 4.78 is 54.3. The minimum absolute atomic E-state index is 0.0303. The number of nitrogens with zero attached hydrogens (tertiary/aromatic N) is 3. The van der Waals surface area contributed by atoms with E-state index >= 15 is 0 Å². The average Bonchev–Trinajstić information content (AvgIpc) is 3.04. The van der Waals surface area contributed by atoms with Crippen molar-refractivity contribution in [3.05, 3.63) is 135 Å². The van der Waals surface area contributed by atoms with Gasteiger partial charge in [-0.25, -0.2) is 4.98 Å². The Kier molecular flexibility index (Phi) is 8.40. The van der Waals surface area contributed by atoms with Gasteiger partial charge in [0.25, 0.3) is 5.56 Å². The van der Waals surface area contributed by atoms with Crippen LogP contribution >= 0.6 is 15.9 Å². The van der Waals surface area contributed by atoms with Crippen LogP contribution in [0.15, 0.2) is 117 Å². The number of hydrogen-bond acceptors (Lipinski definition) is 5. The first-order valence-electron chi connectivity index (χ1n) is 14.0. The Bertz CT molecular complexity index is 2120. The van der Waals surface area contributed by atoms with E-state index in [2.05, 4.69) is 26.0 Å². The highest BCUT2D eigenvalue weighted by molar-refractivity contribution is 9.10. The number of para-hydroxylation sites is 1. The van der Waals surface area contributed by atoms with Crippen LogP contribution in [-0.2, 0) is 12.8 Å². The average molecular weight is 673 g/mol. The first-order chi connectivity index (χ1) is 21.7. The molecule has 0 amide bonds. The smallest absolute Gasteiger partial charge is 0.416 e. The number of rotatable bonds is 8. The van der Waals surface area contributed by atoms with Crippen LogP contribution in [0, 0.1) is 0 Å². The Morgan fingerprint density at radius 3 is 2.38 bits per heavy atom. The Labute approximate surface area is 264 Å². The summed E-state index contributed by atoms with van der Waals surface area (Å²) in [6.07, 6.45) is -3.14. The van der Waals surface area contributed by atoms with Gasteiger partial charge in [0.15, 0.2) is 17.3 Å². The van der Waals surface area contributed by atoms with E-state index < -0.39 is 17.3 Å². The lowest BCUT2D eigenvalue weighted by molar-refractivity contribution is -0.137. The van der Waals surface area contributed by atoms with Crippen molar-refractivity contribution in [3.63, 3.8) is 0 Å². The van der Waals surface area contributed by atoms with Crippen LogP contribution in [0.25, 0.3) is 33.1 Å². The standard InChI is InChI=1S/C35H25BrF3N3O3/c1-2-44-31-18-25(29(36)19-32(31)45-21-24-12-7-10-22-9-3-4-14-27(22)24)20-40-42-33(23-11-8-13-26(17-23)35(37,38)39)41-30-16-6-5-15-28(30)34(42)43/h3-20H,2,21H2,1H3. The Morgan fingerprint density at radius 2 is 1.58 bits per heavy atom. The quantitative estimate of drug-likeness (QED) is 0.152. The second-order valence-corrected chi connectivity index (χ2v) is 10.9. The molecule has 0 aliphatic heterocycles. The monoisotopic (exact) mass is 671 g/mol. The molecule has 1 aromatic heterocycles. The molecule has 1 heterocycles. The maximum Gasteiger partial charge on any atom is 0.416 e. The van der Waals surface area contributed by atoms with E-state index in [1.165, 1.54) is 18.3 Å². The summed E-state index contributed by atoms with van der Waals surface area (Å²) in [6.45, 7) is 2.53. The van der Waals surface area contributed by atoms with Crippen molar-refractivity contribution in [3.8, 4) is 22.9 Å². The van der Waals surface area contributed by atoms with Crippen molar-refractivity contribution in [1.82, 2.24) is 9.66 Å². The number of fused-ring (bicyclic) bond motifs is 2. The Balaban J connectivity index is 1.39. The van der Waals surface area contributed by atoms with Gasteiger partial charge in [0.1, 0.15) is 6.61 Å². The summed E-state index contributed by atoms with van der Waals surface area (Å²) >= 11 is 3.57. The molecule has 0 radical (unpaired) electrons. The lowest BCUT2D eigenvalue weighted by atomic mass is 10.1. The number of ether oxygens (including phenoxy) is 2. The maximum absolute atomic E-state index is 13.6. The molecule has 0 atom stereocenters. The molecule has 0 unspecified atom stereocenters. The predicted molar refractivity (Wildman–Crippen MR) is 173 cm³/mol. The van der Waals surface area contributed by atoms with E-state index in [1.54, 1.807) is 36.4 Å². The highest BCUT2D eigenvalue weighted by Crippen LogP contribution is 2.35. The summed E-state index contributed by atoms with van der Waals surface area (Å²) in [7, 11) is 0. The molecule has 0 bridgehead atoms. The normalized spacial score (nSPS) is 11.8. The fraction of sp³-hybridized carbons (Fsp3) is 0.114. The molecular weight excluding hydrogens is 647 g/mol. The first-order valence-corrected chi connectivity index (χ1v) is 14.8. The minimum Gasteiger partial charge on any atom is -0.490 e. The molecule has 0 N–H and O–H groups in total. The summed E-state index contributed by atoms with van der Waals surface area (Å²) in [5, 5.41) is 6.90. The van der Waals surface area contributed by atoms with Crippen molar-refractivity contribution < 1.29 is 22.6 Å². The fourth-order valence-corrected chi connectivity index (χ4v) is 5.40. The zero-order chi connectivity index (χ0) is 31.6. The van der Waals surface area contributed by atoms with Crippen molar-refractivity contribution >= 4 is 43.8 Å². The van der Waals surface area contributed by atoms with Gasteiger partial charge in [-0.05, 0) is 75.6 Å². The van der Waals surface area contributed by atoms with Crippen molar-refractivity contribution in [1.29, 1.82) is 0 Å². The molecule has 0 spiro atoms. The van der Waals surface area contributed by atoms with Gasteiger partial charge >= 0.3 is 6.18 Å². The van der Waals surface area contributed by atoms with Gasteiger partial charge in [-0.1, -0.05) is 66.7 Å². The van der Waals surface area contributed by atoms with E-state index in [9.17, 15) is 18.0 Å². The third kappa shape index (κ3) is 6.32. The molecule has 6 aromatic rings. The summed E-state index contributed by atoms with van der Waals surface area (Å²) in [5.41, 5.74) is 0.611. The number of alkyl halides is 3. The maximum atomic E-state index is 13.6. The molecule has 5 aromatic carbocycles. The van der Waals surface area contributed by atoms with Crippen LogP contribution in [0.1, 0.15) is 23.6 Å². The molecule has 0 aliphatic carbocycles. The molecule has 6 rings (SSSR count). The molecule has 6 nitrogen and oxygen atoms in total. The molecule has 0 fully saturated rings. The Morgan fingerprint density at radius 1 is 0.867 bits per heavy atom. The molecule has 0 saturated carbocycles. The molecule has 0 aliphatic rings. The number of halogens is 4. The Hall–Kier alpha value is -4.96. The highest BCUT2D eigenvalue weighted by Gasteiger charge is 2.31. The van der Waals surface area contributed by atoms with E-state index in [0.29, 0.717) is 40.3 Å². The number of aromatic nitrogens is 2. The number of hydrogen-bond donors (Lipinski definition) is 0. The summed E-state index contributed by atoms with van der Waals surface area (Å²) in [6, 6.07) is 28.8. The number of benzene rings is 5. The van der Waals surface area contributed by atoms with Crippen LogP contribution in [0.3, 0.4) is 0 Å². The van der Waals surface area contributed by atoms with E-state index in [4.69, 9.17) is 9.47 Å². The molecule has 0 saturated heterocycles. The third-order valence-electron chi connectivity index (χ3n) is 7.14. The topological polar surface area (TPSA) is 65.7 Å². The largest absolute Gasteiger partial charge is 0.490 e. The summed E-state index contributed by atoms with van der Waals surface area (Å²) in [4.78, 5) is 18.1. The van der Waals surface area contributed by atoms with Crippen LogP contribution in [0.4, 0.5) is 13.2 Å². The minimum atomic E-state index is -4.57. The molecule has 10 heteroatoms. The van der Waals surface area contributed by atoms with Gasteiger partial charge in [-0.15, -0.1) is 0 Å². The molecule has 45 heavy (non-hydrogen) atoms. The van der Waals surface area contributed by atoms with Gasteiger partial charge < -0.3 is 9.47 Å². The van der Waals surface area contributed by atoms with Gasteiger partial charge in [0.2, 0.25) is 0 Å². The zero-order valence-corrected chi connectivity index (χ0v) is 25.5. The van der Waals surface area contributed by atoms with Gasteiger partial charge in [0.05, 0.1) is 29.3 Å².